The van der Waals surface area contributed by atoms with Gasteiger partial charge in [-0.3, -0.25) is 4.79 Å². The number of carbonyl (C=O) groups excluding carboxylic acids is 1. The van der Waals surface area contributed by atoms with Crippen LogP contribution in [0.25, 0.3) is 5.69 Å². The van der Waals surface area contributed by atoms with Gasteiger partial charge in [0.25, 0.3) is 5.91 Å². The van der Waals surface area contributed by atoms with Crippen LogP contribution >= 0.6 is 0 Å². The number of hydrogen-bond donors (Lipinski definition) is 2. The summed E-state index contributed by atoms with van der Waals surface area (Å²) in [4.78, 5) is 12.9. The zero-order chi connectivity index (χ0) is 18.0. The van der Waals surface area contributed by atoms with Gasteiger partial charge in [-0.2, -0.15) is 5.10 Å². The third kappa shape index (κ3) is 3.47. The molecule has 0 saturated heterocycles. The van der Waals surface area contributed by atoms with Crippen molar-refractivity contribution in [3.63, 3.8) is 0 Å². The summed E-state index contributed by atoms with van der Waals surface area (Å²) in [5.41, 5.74) is 4.54. The first-order chi connectivity index (χ1) is 12.0. The lowest BCUT2D eigenvalue weighted by Crippen LogP contribution is -2.46. The van der Waals surface area contributed by atoms with Crippen LogP contribution in [0.3, 0.4) is 0 Å². The topological polar surface area (TPSA) is 67.2 Å². The van der Waals surface area contributed by atoms with Crippen LogP contribution in [0.1, 0.15) is 60.4 Å². The molecule has 2 N–H and O–H groups in total. The highest BCUT2D eigenvalue weighted by molar-refractivity contribution is 5.94. The third-order valence-corrected chi connectivity index (χ3v) is 5.28. The lowest BCUT2D eigenvalue weighted by atomic mass is 9.94. The van der Waals surface area contributed by atoms with Gasteiger partial charge in [0.05, 0.1) is 5.69 Å². The predicted octanol–water partition coefficient (Wildman–Crippen LogP) is 2.95. The fourth-order valence-electron chi connectivity index (χ4n) is 3.43. The molecule has 0 spiro atoms. The van der Waals surface area contributed by atoms with E-state index in [1.54, 1.807) is 0 Å². The Kier molecular flexibility index (Phi) is 4.95. The minimum atomic E-state index is -0.412. The maximum absolute atomic E-state index is 12.9. The number of benzene rings is 1. The van der Waals surface area contributed by atoms with Crippen LogP contribution in [-0.4, -0.2) is 32.9 Å². The first kappa shape index (κ1) is 17.7. The molecular formula is C20H27N3O2. The number of aliphatic hydroxyl groups excluding tert-OH is 1. The summed E-state index contributed by atoms with van der Waals surface area (Å²) in [5.74, 6) is -0.137. The molecule has 0 saturated carbocycles. The number of hydrogen-bond acceptors (Lipinski definition) is 3. The third-order valence-electron chi connectivity index (χ3n) is 5.28. The standard InChI is InChI=1S/C20H27N3O2/c1-4-20(3,12-13-24)21-19(25)18-16-6-5-7-17(16)23(22-18)15-10-8-14(2)9-11-15/h8-11,24H,4-7,12-13H2,1-3H3,(H,21,25). The number of nitrogens with zero attached hydrogens (tertiary/aromatic N) is 2. The van der Waals surface area contributed by atoms with Crippen LogP contribution in [0.4, 0.5) is 0 Å². The molecule has 1 aliphatic carbocycles. The van der Waals surface area contributed by atoms with Crippen LogP contribution in [0, 0.1) is 6.92 Å². The maximum Gasteiger partial charge on any atom is 0.272 e. The molecule has 2 aromatic rings. The van der Waals surface area contributed by atoms with Gasteiger partial charge in [-0.05, 0) is 58.1 Å². The zero-order valence-corrected chi connectivity index (χ0v) is 15.3. The van der Waals surface area contributed by atoms with E-state index in [1.807, 2.05) is 30.7 Å². The highest BCUT2D eigenvalue weighted by Gasteiger charge is 2.30. The van der Waals surface area contributed by atoms with E-state index in [0.717, 1.165) is 42.6 Å². The van der Waals surface area contributed by atoms with Crippen LogP contribution in [0.5, 0.6) is 0 Å². The number of carbonyl (C=O) groups is 1. The van der Waals surface area contributed by atoms with E-state index in [9.17, 15) is 9.90 Å². The molecule has 5 heteroatoms. The Bertz CT molecular complexity index is 764. The number of aromatic nitrogens is 2. The molecule has 3 rings (SSSR count). The summed E-state index contributed by atoms with van der Waals surface area (Å²) in [6.07, 6.45) is 4.20. The molecule has 134 valence electrons. The second-order valence-electron chi connectivity index (χ2n) is 7.22. The number of amides is 1. The van der Waals surface area contributed by atoms with Crippen molar-refractivity contribution in [1.29, 1.82) is 0 Å². The van der Waals surface area contributed by atoms with Crippen LogP contribution in [0.2, 0.25) is 0 Å². The maximum atomic E-state index is 12.9. The van der Waals surface area contributed by atoms with Crippen molar-refractivity contribution in [2.24, 2.45) is 0 Å². The summed E-state index contributed by atoms with van der Waals surface area (Å²) in [5, 5.41) is 17.0. The number of fused-ring (bicyclic) bond motifs is 1. The molecule has 1 unspecified atom stereocenters. The molecule has 1 heterocycles. The Morgan fingerprint density at radius 3 is 2.68 bits per heavy atom. The van der Waals surface area contributed by atoms with Crippen molar-refractivity contribution in [1.82, 2.24) is 15.1 Å². The van der Waals surface area contributed by atoms with Crippen LogP contribution in [-0.2, 0) is 12.8 Å². The van der Waals surface area contributed by atoms with Crippen molar-refractivity contribution in [2.45, 2.75) is 58.4 Å². The number of rotatable bonds is 6. The first-order valence-electron chi connectivity index (χ1n) is 9.08. The lowest BCUT2D eigenvalue weighted by Gasteiger charge is -2.28. The Morgan fingerprint density at radius 1 is 1.32 bits per heavy atom. The smallest absolute Gasteiger partial charge is 0.272 e. The summed E-state index contributed by atoms with van der Waals surface area (Å²) in [6, 6.07) is 8.22. The largest absolute Gasteiger partial charge is 0.396 e. The summed E-state index contributed by atoms with van der Waals surface area (Å²) < 4.78 is 1.92. The number of aryl methyl sites for hydroxylation is 1. The van der Waals surface area contributed by atoms with E-state index in [0.29, 0.717) is 12.1 Å². The van der Waals surface area contributed by atoms with Crippen LogP contribution in [0.15, 0.2) is 24.3 Å². The molecule has 1 atom stereocenters. The van der Waals surface area contributed by atoms with Gasteiger partial charge in [-0.1, -0.05) is 24.6 Å². The van der Waals surface area contributed by atoms with E-state index in [1.165, 1.54) is 5.56 Å². The second-order valence-corrected chi connectivity index (χ2v) is 7.22. The SMILES string of the molecule is CCC(C)(CCO)NC(=O)c1nn(-c2ccc(C)cc2)c2c1CCC2. The molecule has 1 amide bonds. The Labute approximate surface area is 149 Å². The van der Waals surface area contributed by atoms with E-state index in [-0.39, 0.29) is 12.5 Å². The molecule has 0 bridgehead atoms. The average Bonchev–Trinajstić information content (AvgIpc) is 3.18. The zero-order valence-electron chi connectivity index (χ0n) is 15.3. The average molecular weight is 341 g/mol. The molecule has 0 fully saturated rings. The molecule has 0 radical (unpaired) electrons. The van der Waals surface area contributed by atoms with Gasteiger partial charge in [0, 0.05) is 23.4 Å². The van der Waals surface area contributed by atoms with Crippen molar-refractivity contribution >= 4 is 5.91 Å². The van der Waals surface area contributed by atoms with E-state index >= 15 is 0 Å². The lowest BCUT2D eigenvalue weighted by molar-refractivity contribution is 0.0879. The molecule has 1 aromatic heterocycles. The summed E-state index contributed by atoms with van der Waals surface area (Å²) >= 11 is 0. The van der Waals surface area contributed by atoms with Gasteiger partial charge in [0.2, 0.25) is 0 Å². The fraction of sp³-hybridized carbons (Fsp3) is 0.500. The molecule has 1 aliphatic rings. The summed E-state index contributed by atoms with van der Waals surface area (Å²) in [7, 11) is 0. The van der Waals surface area contributed by atoms with E-state index < -0.39 is 5.54 Å². The Hall–Kier alpha value is -2.14. The number of nitrogens with one attached hydrogen (secondary N) is 1. The molecule has 1 aromatic carbocycles. The fourth-order valence-corrected chi connectivity index (χ4v) is 3.43. The van der Waals surface area contributed by atoms with Gasteiger partial charge >= 0.3 is 0 Å². The second kappa shape index (κ2) is 7.00. The normalized spacial score (nSPS) is 15.7. The molecule has 5 nitrogen and oxygen atoms in total. The quantitative estimate of drug-likeness (QED) is 0.849. The van der Waals surface area contributed by atoms with Gasteiger partial charge in [0.15, 0.2) is 5.69 Å². The molecule has 0 aliphatic heterocycles. The molecule has 25 heavy (non-hydrogen) atoms. The summed E-state index contributed by atoms with van der Waals surface area (Å²) in [6.45, 7) is 6.10. The first-order valence-corrected chi connectivity index (χ1v) is 9.08. The van der Waals surface area contributed by atoms with Gasteiger partial charge in [0.1, 0.15) is 0 Å². The van der Waals surface area contributed by atoms with Crippen molar-refractivity contribution in [2.75, 3.05) is 6.61 Å². The highest BCUT2D eigenvalue weighted by Crippen LogP contribution is 2.28. The minimum Gasteiger partial charge on any atom is -0.396 e. The highest BCUT2D eigenvalue weighted by atomic mass is 16.3. The predicted molar refractivity (Wildman–Crippen MR) is 98.2 cm³/mol. The Morgan fingerprint density at radius 2 is 2.04 bits per heavy atom. The Balaban J connectivity index is 1.94. The molecular weight excluding hydrogens is 314 g/mol. The van der Waals surface area contributed by atoms with Crippen molar-refractivity contribution in [3.8, 4) is 5.69 Å². The van der Waals surface area contributed by atoms with Gasteiger partial charge in [-0.15, -0.1) is 0 Å². The monoisotopic (exact) mass is 341 g/mol. The van der Waals surface area contributed by atoms with Crippen molar-refractivity contribution in [3.05, 3.63) is 46.8 Å². The van der Waals surface area contributed by atoms with Crippen LogP contribution < -0.4 is 5.32 Å². The van der Waals surface area contributed by atoms with E-state index in [2.05, 4.69) is 29.5 Å². The van der Waals surface area contributed by atoms with E-state index in [4.69, 9.17) is 0 Å². The van der Waals surface area contributed by atoms with Crippen molar-refractivity contribution < 1.29 is 9.90 Å². The number of aliphatic hydroxyl groups is 1. The van der Waals surface area contributed by atoms with Gasteiger partial charge < -0.3 is 10.4 Å². The minimum absolute atomic E-state index is 0.0561. The van der Waals surface area contributed by atoms with Gasteiger partial charge in [-0.25, -0.2) is 4.68 Å².